The number of hydrogen-bond donors (Lipinski definition) is 2. The quantitative estimate of drug-likeness (QED) is 0.748. The molecule has 0 spiro atoms. The third kappa shape index (κ3) is 5.53. The first-order valence-corrected chi connectivity index (χ1v) is 8.48. The molecule has 0 aromatic heterocycles. The second kappa shape index (κ2) is 9.27. The summed E-state index contributed by atoms with van der Waals surface area (Å²) in [6.07, 6.45) is 2.33. The van der Waals surface area contributed by atoms with Gasteiger partial charge in [0, 0.05) is 33.4 Å². The molecule has 24 heavy (non-hydrogen) atoms. The van der Waals surface area contributed by atoms with Crippen molar-refractivity contribution in [2.75, 3.05) is 26.8 Å². The van der Waals surface area contributed by atoms with E-state index in [-0.39, 0.29) is 11.9 Å². The van der Waals surface area contributed by atoms with Gasteiger partial charge in [-0.25, -0.2) is 4.79 Å². The predicted octanol–water partition coefficient (Wildman–Crippen LogP) is 1.82. The number of aryl methyl sites for hydroxylation is 1. The van der Waals surface area contributed by atoms with E-state index in [0.717, 1.165) is 18.4 Å². The smallest absolute Gasteiger partial charge is 0.318 e. The minimum Gasteiger partial charge on any atom is -0.385 e. The van der Waals surface area contributed by atoms with E-state index in [9.17, 15) is 9.59 Å². The summed E-state index contributed by atoms with van der Waals surface area (Å²) in [5.74, 6) is -0.0956. The predicted molar refractivity (Wildman–Crippen MR) is 92.6 cm³/mol. The molecule has 6 heteroatoms. The average Bonchev–Trinajstić information content (AvgIpc) is 2.58. The molecule has 2 N–H and O–H groups in total. The standard InChI is InChI=1S/C18H27N3O3/c1-14-6-8-15(9-7-14)13-21(11-4-12-24-2)18(23)20-16-5-3-10-19-17(16)22/h6-9,16H,3-5,10-13H2,1-2H3,(H,19,22)(H,20,23)/t16-/m1/s1. The zero-order valence-electron chi connectivity index (χ0n) is 14.5. The number of piperidine rings is 1. The molecule has 3 amide bonds. The Hall–Kier alpha value is -2.08. The van der Waals surface area contributed by atoms with Gasteiger partial charge in [-0.3, -0.25) is 4.79 Å². The fraction of sp³-hybridized carbons (Fsp3) is 0.556. The maximum atomic E-state index is 12.6. The first-order chi connectivity index (χ1) is 11.6. The lowest BCUT2D eigenvalue weighted by molar-refractivity contribution is -0.124. The van der Waals surface area contributed by atoms with Crippen molar-refractivity contribution in [3.05, 3.63) is 35.4 Å². The van der Waals surface area contributed by atoms with Crippen molar-refractivity contribution in [1.82, 2.24) is 15.5 Å². The number of carbonyl (C=O) groups is 2. The van der Waals surface area contributed by atoms with Crippen LogP contribution in [0.1, 0.15) is 30.4 Å². The molecule has 1 aliphatic rings. The van der Waals surface area contributed by atoms with E-state index in [4.69, 9.17) is 4.74 Å². The van der Waals surface area contributed by atoms with E-state index < -0.39 is 6.04 Å². The maximum absolute atomic E-state index is 12.6. The Kier molecular flexibility index (Phi) is 7.06. The molecule has 1 heterocycles. The first-order valence-electron chi connectivity index (χ1n) is 8.48. The number of nitrogens with zero attached hydrogens (tertiary/aromatic N) is 1. The second-order valence-electron chi connectivity index (χ2n) is 6.19. The van der Waals surface area contributed by atoms with Gasteiger partial charge in [0.2, 0.25) is 5.91 Å². The second-order valence-corrected chi connectivity index (χ2v) is 6.19. The van der Waals surface area contributed by atoms with Crippen LogP contribution in [-0.4, -0.2) is 49.7 Å². The van der Waals surface area contributed by atoms with Crippen molar-refractivity contribution in [3.63, 3.8) is 0 Å². The van der Waals surface area contributed by atoms with Crippen LogP contribution in [0.4, 0.5) is 4.79 Å². The molecule has 0 unspecified atom stereocenters. The summed E-state index contributed by atoms with van der Waals surface area (Å²) in [7, 11) is 1.65. The van der Waals surface area contributed by atoms with Crippen molar-refractivity contribution in [1.29, 1.82) is 0 Å². The maximum Gasteiger partial charge on any atom is 0.318 e. The molecule has 1 atom stereocenters. The van der Waals surface area contributed by atoms with Crippen LogP contribution in [0.15, 0.2) is 24.3 Å². The molecule has 132 valence electrons. The van der Waals surface area contributed by atoms with Crippen LogP contribution < -0.4 is 10.6 Å². The monoisotopic (exact) mass is 333 g/mol. The Morgan fingerprint density at radius 1 is 1.38 bits per heavy atom. The van der Waals surface area contributed by atoms with E-state index >= 15 is 0 Å². The van der Waals surface area contributed by atoms with Crippen LogP contribution in [0.3, 0.4) is 0 Å². The number of urea groups is 1. The van der Waals surface area contributed by atoms with Gasteiger partial charge < -0.3 is 20.3 Å². The lowest BCUT2D eigenvalue weighted by Gasteiger charge is -2.28. The molecule has 1 aliphatic heterocycles. The van der Waals surface area contributed by atoms with Crippen molar-refractivity contribution in [2.45, 2.75) is 38.8 Å². The lowest BCUT2D eigenvalue weighted by Crippen LogP contribution is -2.53. The number of methoxy groups -OCH3 is 1. The molecule has 1 saturated heterocycles. The molecule has 1 aromatic carbocycles. The number of ether oxygens (including phenoxy) is 1. The Balaban J connectivity index is 1.98. The van der Waals surface area contributed by atoms with E-state index in [1.54, 1.807) is 12.0 Å². The summed E-state index contributed by atoms with van der Waals surface area (Å²) in [6, 6.07) is 7.49. The molecule has 0 aliphatic carbocycles. The Morgan fingerprint density at radius 2 is 2.12 bits per heavy atom. The highest BCUT2D eigenvalue weighted by Gasteiger charge is 2.25. The minimum absolute atomic E-state index is 0.0956. The summed E-state index contributed by atoms with van der Waals surface area (Å²) in [6.45, 7) is 4.42. The van der Waals surface area contributed by atoms with Gasteiger partial charge in [0.15, 0.2) is 0 Å². The Labute approximate surface area is 143 Å². The van der Waals surface area contributed by atoms with Crippen molar-refractivity contribution < 1.29 is 14.3 Å². The van der Waals surface area contributed by atoms with Crippen molar-refractivity contribution >= 4 is 11.9 Å². The largest absolute Gasteiger partial charge is 0.385 e. The molecule has 1 fully saturated rings. The first kappa shape index (κ1) is 18.3. The van der Waals surface area contributed by atoms with Crippen LogP contribution in [0, 0.1) is 6.92 Å². The van der Waals surface area contributed by atoms with Crippen LogP contribution in [-0.2, 0) is 16.1 Å². The van der Waals surface area contributed by atoms with Crippen LogP contribution in [0.2, 0.25) is 0 Å². The third-order valence-corrected chi connectivity index (χ3v) is 4.14. The number of nitrogens with one attached hydrogen (secondary N) is 2. The topological polar surface area (TPSA) is 70.7 Å². The van der Waals surface area contributed by atoms with Gasteiger partial charge in [-0.2, -0.15) is 0 Å². The van der Waals surface area contributed by atoms with E-state index in [0.29, 0.717) is 32.7 Å². The molecule has 0 radical (unpaired) electrons. The highest BCUT2D eigenvalue weighted by atomic mass is 16.5. The Bertz CT molecular complexity index is 545. The molecule has 1 aromatic rings. The highest BCUT2D eigenvalue weighted by molar-refractivity contribution is 5.87. The summed E-state index contributed by atoms with van der Waals surface area (Å²) in [5, 5.41) is 5.65. The SMILES string of the molecule is COCCCN(Cc1ccc(C)cc1)C(=O)N[C@@H]1CCCNC1=O. The van der Waals surface area contributed by atoms with Crippen LogP contribution in [0.25, 0.3) is 0 Å². The fourth-order valence-electron chi connectivity index (χ4n) is 2.72. The van der Waals surface area contributed by atoms with E-state index in [2.05, 4.69) is 10.6 Å². The number of rotatable bonds is 7. The molecular formula is C18H27N3O3. The fourth-order valence-corrected chi connectivity index (χ4v) is 2.72. The van der Waals surface area contributed by atoms with Gasteiger partial charge in [-0.1, -0.05) is 29.8 Å². The van der Waals surface area contributed by atoms with Gasteiger partial charge >= 0.3 is 6.03 Å². The number of amides is 3. The van der Waals surface area contributed by atoms with Gasteiger partial charge in [0.1, 0.15) is 6.04 Å². The minimum atomic E-state index is -0.436. The summed E-state index contributed by atoms with van der Waals surface area (Å²) in [4.78, 5) is 26.2. The van der Waals surface area contributed by atoms with Crippen LogP contribution >= 0.6 is 0 Å². The Morgan fingerprint density at radius 3 is 2.79 bits per heavy atom. The van der Waals surface area contributed by atoms with Gasteiger partial charge in [-0.05, 0) is 31.7 Å². The third-order valence-electron chi connectivity index (χ3n) is 4.14. The van der Waals surface area contributed by atoms with Gasteiger partial charge in [-0.15, -0.1) is 0 Å². The number of hydrogen-bond acceptors (Lipinski definition) is 3. The lowest BCUT2D eigenvalue weighted by atomic mass is 10.1. The summed E-state index contributed by atoms with van der Waals surface area (Å²) >= 11 is 0. The molecule has 2 rings (SSSR count). The number of benzene rings is 1. The average molecular weight is 333 g/mol. The zero-order valence-corrected chi connectivity index (χ0v) is 14.5. The van der Waals surface area contributed by atoms with Gasteiger partial charge in [0.25, 0.3) is 0 Å². The zero-order chi connectivity index (χ0) is 17.4. The van der Waals surface area contributed by atoms with Crippen molar-refractivity contribution in [3.8, 4) is 0 Å². The molecular weight excluding hydrogens is 306 g/mol. The number of carbonyl (C=O) groups excluding carboxylic acids is 2. The summed E-state index contributed by atoms with van der Waals surface area (Å²) < 4.78 is 5.08. The molecule has 6 nitrogen and oxygen atoms in total. The molecule has 0 saturated carbocycles. The van der Waals surface area contributed by atoms with Gasteiger partial charge in [0.05, 0.1) is 0 Å². The summed E-state index contributed by atoms with van der Waals surface area (Å²) in [5.41, 5.74) is 2.26. The van der Waals surface area contributed by atoms with Crippen LogP contribution in [0.5, 0.6) is 0 Å². The van der Waals surface area contributed by atoms with E-state index in [1.807, 2.05) is 31.2 Å². The molecule has 0 bridgehead atoms. The highest BCUT2D eigenvalue weighted by Crippen LogP contribution is 2.10. The van der Waals surface area contributed by atoms with Crippen molar-refractivity contribution in [2.24, 2.45) is 0 Å². The normalized spacial score (nSPS) is 17.2. The van der Waals surface area contributed by atoms with E-state index in [1.165, 1.54) is 5.56 Å².